The van der Waals surface area contributed by atoms with Crippen LogP contribution < -0.4 is 0 Å². The first-order chi connectivity index (χ1) is 18.1. The van der Waals surface area contributed by atoms with Crippen molar-refractivity contribution >= 4 is 22.2 Å². The fraction of sp³-hybridized carbons (Fsp3) is 0.235. The molecule has 4 rings (SSSR count). The van der Waals surface area contributed by atoms with Gasteiger partial charge in [-0.05, 0) is 61.5 Å². The molecule has 0 atom stereocenters. The van der Waals surface area contributed by atoms with Crippen LogP contribution in [0.2, 0.25) is 39.3 Å². The molecule has 0 bridgehead atoms. The van der Waals surface area contributed by atoms with Crippen LogP contribution in [0, 0.1) is 0 Å². The third kappa shape index (κ3) is 7.01. The fourth-order valence-electron chi connectivity index (χ4n) is 4.93. The highest BCUT2D eigenvalue weighted by Gasteiger charge is 2.42. The van der Waals surface area contributed by atoms with Gasteiger partial charge in [-0.1, -0.05) is 121 Å². The van der Waals surface area contributed by atoms with Crippen molar-refractivity contribution in [1.82, 2.24) is 0 Å². The molecule has 0 aliphatic heterocycles. The number of benzene rings is 4. The molecule has 0 radical (unpaired) electrons. The summed E-state index contributed by atoms with van der Waals surface area (Å²) >= 11 is 0. The Bertz CT molecular complexity index is 1240. The van der Waals surface area contributed by atoms with E-state index in [1.165, 1.54) is 0 Å². The molecule has 4 aromatic rings. The van der Waals surface area contributed by atoms with Gasteiger partial charge in [-0.25, -0.2) is 0 Å². The Balaban J connectivity index is 2.07. The zero-order valence-electron chi connectivity index (χ0n) is 23.6. The lowest BCUT2D eigenvalue weighted by Gasteiger charge is -2.42. The van der Waals surface area contributed by atoms with Gasteiger partial charge in [-0.15, -0.1) is 0 Å². The molecule has 0 heterocycles. The Morgan fingerprint density at radius 1 is 0.526 bits per heavy atom. The SMILES string of the molecule is C[Si](C)(C)OC(CC(O[Si](C)(C)C)(c1ccccc1)c1ccccc1)=C(c1ccccc1)c1ccccc1. The number of hydrogen-bond acceptors (Lipinski definition) is 2. The Labute approximate surface area is 231 Å². The summed E-state index contributed by atoms with van der Waals surface area (Å²) in [7, 11) is -4.06. The Morgan fingerprint density at radius 3 is 1.24 bits per heavy atom. The third-order valence-electron chi connectivity index (χ3n) is 6.20. The van der Waals surface area contributed by atoms with Crippen molar-refractivity contribution in [3.8, 4) is 0 Å². The molecule has 0 aliphatic rings. The highest BCUT2D eigenvalue weighted by atomic mass is 28.4. The van der Waals surface area contributed by atoms with Crippen LogP contribution in [-0.4, -0.2) is 16.6 Å². The molecule has 0 amide bonds. The van der Waals surface area contributed by atoms with Gasteiger partial charge >= 0.3 is 0 Å². The van der Waals surface area contributed by atoms with E-state index in [0.717, 1.165) is 33.6 Å². The molecular formula is C34H40O2Si2. The molecule has 0 fully saturated rings. The van der Waals surface area contributed by atoms with Crippen LogP contribution in [0.15, 0.2) is 127 Å². The van der Waals surface area contributed by atoms with Gasteiger partial charge in [0, 0.05) is 12.0 Å². The van der Waals surface area contributed by atoms with E-state index in [2.05, 4.69) is 161 Å². The standard InChI is InChI=1S/C34H40O2Si2/c1-37(2,3)35-32(33(28-19-11-7-12-20-28)29-21-13-8-14-22-29)27-34(36-38(4,5)6,30-23-15-9-16-24-30)31-25-17-10-18-26-31/h7-26H,27H2,1-6H3. The van der Waals surface area contributed by atoms with E-state index in [-0.39, 0.29) is 0 Å². The highest BCUT2D eigenvalue weighted by Crippen LogP contribution is 2.45. The second-order valence-electron chi connectivity index (χ2n) is 11.7. The highest BCUT2D eigenvalue weighted by molar-refractivity contribution is 6.70. The second kappa shape index (κ2) is 11.7. The monoisotopic (exact) mass is 536 g/mol. The molecule has 196 valence electrons. The van der Waals surface area contributed by atoms with Crippen molar-refractivity contribution in [2.75, 3.05) is 0 Å². The minimum absolute atomic E-state index is 0.592. The Morgan fingerprint density at radius 2 is 0.895 bits per heavy atom. The quantitative estimate of drug-likeness (QED) is 0.148. The van der Waals surface area contributed by atoms with Crippen LogP contribution in [0.25, 0.3) is 5.57 Å². The van der Waals surface area contributed by atoms with E-state index in [1.54, 1.807) is 0 Å². The molecule has 38 heavy (non-hydrogen) atoms. The zero-order chi connectivity index (χ0) is 27.2. The smallest absolute Gasteiger partial charge is 0.241 e. The third-order valence-corrected chi connectivity index (χ3v) is 8.02. The Kier molecular flexibility index (Phi) is 8.56. The number of rotatable bonds is 10. The lowest BCUT2D eigenvalue weighted by Crippen LogP contribution is -2.43. The van der Waals surface area contributed by atoms with Crippen molar-refractivity contribution in [3.05, 3.63) is 149 Å². The van der Waals surface area contributed by atoms with Gasteiger partial charge in [0.15, 0.2) is 8.32 Å². The van der Waals surface area contributed by atoms with E-state index >= 15 is 0 Å². The molecule has 0 spiro atoms. The first kappa shape index (κ1) is 27.8. The summed E-state index contributed by atoms with van der Waals surface area (Å²) < 4.78 is 14.4. The van der Waals surface area contributed by atoms with Crippen LogP contribution in [0.3, 0.4) is 0 Å². The number of hydrogen-bond donors (Lipinski definition) is 0. The van der Waals surface area contributed by atoms with E-state index < -0.39 is 22.2 Å². The maximum absolute atomic E-state index is 7.30. The lowest BCUT2D eigenvalue weighted by molar-refractivity contribution is 0.0908. The predicted octanol–water partition coefficient (Wildman–Crippen LogP) is 9.48. The van der Waals surface area contributed by atoms with Crippen LogP contribution in [0.5, 0.6) is 0 Å². The maximum atomic E-state index is 7.30. The minimum atomic E-state index is -2.04. The summed E-state index contributed by atoms with van der Waals surface area (Å²) in [5.41, 5.74) is 5.02. The minimum Gasteiger partial charge on any atom is -0.547 e. The fourth-order valence-corrected chi connectivity index (χ4v) is 7.20. The first-order valence-electron chi connectivity index (χ1n) is 13.4. The maximum Gasteiger partial charge on any atom is 0.241 e. The molecule has 4 heteroatoms. The van der Waals surface area contributed by atoms with Gasteiger partial charge in [0.1, 0.15) is 5.60 Å². The Hall–Kier alpha value is -3.19. The van der Waals surface area contributed by atoms with Crippen molar-refractivity contribution in [1.29, 1.82) is 0 Å². The molecular weight excluding hydrogens is 497 g/mol. The van der Waals surface area contributed by atoms with E-state index in [4.69, 9.17) is 8.85 Å². The summed E-state index contributed by atoms with van der Waals surface area (Å²) in [6.45, 7) is 13.6. The van der Waals surface area contributed by atoms with E-state index in [0.29, 0.717) is 6.42 Å². The van der Waals surface area contributed by atoms with Crippen molar-refractivity contribution < 1.29 is 8.85 Å². The molecule has 0 aliphatic carbocycles. The first-order valence-corrected chi connectivity index (χ1v) is 20.2. The topological polar surface area (TPSA) is 18.5 Å². The van der Waals surface area contributed by atoms with Gasteiger partial charge in [0.05, 0.1) is 5.76 Å². The summed E-state index contributed by atoms with van der Waals surface area (Å²) in [6, 6.07) is 42.6. The summed E-state index contributed by atoms with van der Waals surface area (Å²) in [6.07, 6.45) is 0.592. The van der Waals surface area contributed by atoms with Gasteiger partial charge in [0.25, 0.3) is 0 Å². The van der Waals surface area contributed by atoms with Crippen LogP contribution in [0.4, 0.5) is 0 Å². The summed E-state index contributed by atoms with van der Waals surface area (Å²) in [5, 5.41) is 0. The summed E-state index contributed by atoms with van der Waals surface area (Å²) in [5.74, 6) is 0.979. The van der Waals surface area contributed by atoms with Crippen molar-refractivity contribution in [3.63, 3.8) is 0 Å². The van der Waals surface area contributed by atoms with Crippen LogP contribution in [-0.2, 0) is 14.5 Å². The van der Waals surface area contributed by atoms with Gasteiger partial charge in [0.2, 0.25) is 8.32 Å². The van der Waals surface area contributed by atoms with Gasteiger partial charge in [-0.2, -0.15) is 0 Å². The zero-order valence-corrected chi connectivity index (χ0v) is 25.6. The average Bonchev–Trinajstić information content (AvgIpc) is 2.89. The largest absolute Gasteiger partial charge is 0.547 e. The van der Waals surface area contributed by atoms with Crippen LogP contribution in [0.1, 0.15) is 28.7 Å². The summed E-state index contributed by atoms with van der Waals surface area (Å²) in [4.78, 5) is 0. The molecule has 0 saturated carbocycles. The van der Waals surface area contributed by atoms with E-state index in [1.807, 2.05) is 0 Å². The molecule has 0 aromatic heterocycles. The van der Waals surface area contributed by atoms with Crippen molar-refractivity contribution in [2.45, 2.75) is 51.3 Å². The van der Waals surface area contributed by atoms with Gasteiger partial charge < -0.3 is 8.85 Å². The van der Waals surface area contributed by atoms with Crippen molar-refractivity contribution in [2.24, 2.45) is 0 Å². The van der Waals surface area contributed by atoms with E-state index in [9.17, 15) is 0 Å². The molecule has 4 aromatic carbocycles. The molecule has 0 N–H and O–H groups in total. The average molecular weight is 537 g/mol. The molecule has 0 saturated heterocycles. The normalized spacial score (nSPS) is 12.2. The predicted molar refractivity (Wildman–Crippen MR) is 166 cm³/mol. The molecule has 2 nitrogen and oxygen atoms in total. The van der Waals surface area contributed by atoms with Gasteiger partial charge in [-0.3, -0.25) is 0 Å². The molecule has 0 unspecified atom stereocenters. The van der Waals surface area contributed by atoms with Crippen LogP contribution >= 0.6 is 0 Å². The second-order valence-corrected chi connectivity index (χ2v) is 20.6. The lowest BCUT2D eigenvalue weighted by atomic mass is 9.81.